The van der Waals surface area contributed by atoms with Crippen LogP contribution in [0.5, 0.6) is 11.5 Å². The Morgan fingerprint density at radius 3 is 2.71 bits per heavy atom. The number of methoxy groups -OCH3 is 1. The average molecular weight is 335 g/mol. The minimum Gasteiger partial charge on any atom is -0.506 e. The summed E-state index contributed by atoms with van der Waals surface area (Å²) in [5.41, 5.74) is -0.102. The molecule has 0 saturated heterocycles. The van der Waals surface area contributed by atoms with E-state index in [-0.39, 0.29) is 6.42 Å². The van der Waals surface area contributed by atoms with Crippen LogP contribution in [0.15, 0.2) is 24.3 Å². The van der Waals surface area contributed by atoms with Crippen molar-refractivity contribution in [1.82, 2.24) is 4.98 Å². The van der Waals surface area contributed by atoms with Crippen molar-refractivity contribution in [3.05, 3.63) is 30.0 Å². The maximum absolute atomic E-state index is 14.5. The van der Waals surface area contributed by atoms with Gasteiger partial charge in [-0.15, -0.1) is 0 Å². The summed E-state index contributed by atoms with van der Waals surface area (Å²) in [6.45, 7) is 2.20. The van der Waals surface area contributed by atoms with Gasteiger partial charge in [0.25, 0.3) is 5.92 Å². The standard InChI is InChI=1S/C19H23F2NO2/c1-12-9-13(12)5-3-4-8-19(20,21)18-17(23)11-14-10-15(24-2)6-7-16(14)22-18/h6-7,10-13,23H,3-5,8-9H2,1-2H3. The number of unbranched alkanes of at least 4 members (excludes halogenated alkanes) is 1. The first-order chi connectivity index (χ1) is 11.4. The third-order valence-electron chi connectivity index (χ3n) is 4.94. The summed E-state index contributed by atoms with van der Waals surface area (Å²) in [6.07, 6.45) is 3.21. The Hall–Kier alpha value is -1.91. The fourth-order valence-electron chi connectivity index (χ4n) is 3.21. The monoisotopic (exact) mass is 335 g/mol. The number of alkyl halides is 2. The molecule has 3 rings (SSSR count). The smallest absolute Gasteiger partial charge is 0.293 e. The highest BCUT2D eigenvalue weighted by atomic mass is 19.3. The van der Waals surface area contributed by atoms with Crippen LogP contribution in [0.2, 0.25) is 0 Å². The quantitative estimate of drug-likeness (QED) is 0.702. The van der Waals surface area contributed by atoms with Crippen LogP contribution in [-0.4, -0.2) is 17.2 Å². The largest absolute Gasteiger partial charge is 0.506 e. The van der Waals surface area contributed by atoms with Gasteiger partial charge in [-0.2, -0.15) is 8.78 Å². The van der Waals surface area contributed by atoms with Crippen molar-refractivity contribution in [2.75, 3.05) is 7.11 Å². The van der Waals surface area contributed by atoms with Gasteiger partial charge in [0.15, 0.2) is 5.69 Å². The van der Waals surface area contributed by atoms with E-state index >= 15 is 0 Å². The predicted octanol–water partition coefficient (Wildman–Crippen LogP) is 5.26. The van der Waals surface area contributed by atoms with E-state index in [2.05, 4.69) is 11.9 Å². The molecule has 0 spiro atoms. The van der Waals surface area contributed by atoms with E-state index in [1.165, 1.54) is 19.6 Å². The summed E-state index contributed by atoms with van der Waals surface area (Å²) in [5, 5.41) is 10.6. The molecule has 1 aromatic heterocycles. The Morgan fingerprint density at radius 2 is 2.04 bits per heavy atom. The molecule has 2 unspecified atom stereocenters. The lowest BCUT2D eigenvalue weighted by Crippen LogP contribution is -2.15. The Bertz CT molecular complexity index is 733. The number of pyridine rings is 1. The Balaban J connectivity index is 1.72. The maximum Gasteiger partial charge on any atom is 0.293 e. The van der Waals surface area contributed by atoms with Gasteiger partial charge in [0.1, 0.15) is 11.5 Å². The Morgan fingerprint density at radius 1 is 1.29 bits per heavy atom. The van der Waals surface area contributed by atoms with E-state index in [0.717, 1.165) is 24.7 Å². The molecular weight excluding hydrogens is 312 g/mol. The molecule has 0 radical (unpaired) electrons. The summed E-state index contributed by atoms with van der Waals surface area (Å²) < 4.78 is 34.0. The number of halogens is 2. The minimum absolute atomic E-state index is 0.281. The van der Waals surface area contributed by atoms with Gasteiger partial charge in [-0.1, -0.05) is 19.8 Å². The second-order valence-corrected chi connectivity index (χ2v) is 6.84. The predicted molar refractivity (Wildman–Crippen MR) is 89.6 cm³/mol. The van der Waals surface area contributed by atoms with Crippen molar-refractivity contribution in [3.63, 3.8) is 0 Å². The SMILES string of the molecule is COc1ccc2nc(C(F)(F)CCCCC3CC3C)c(O)cc2c1. The number of aromatic hydroxyl groups is 1. The Labute approximate surface area is 140 Å². The van der Waals surface area contributed by atoms with Crippen molar-refractivity contribution >= 4 is 10.9 Å². The zero-order valence-corrected chi connectivity index (χ0v) is 14.1. The lowest BCUT2D eigenvalue weighted by Gasteiger charge is -2.17. The molecule has 0 amide bonds. The number of hydrogen-bond acceptors (Lipinski definition) is 3. The van der Waals surface area contributed by atoms with Crippen LogP contribution in [0.4, 0.5) is 8.78 Å². The highest BCUT2D eigenvalue weighted by Gasteiger charge is 2.37. The molecule has 5 heteroatoms. The average Bonchev–Trinajstić information content (AvgIpc) is 3.25. The highest BCUT2D eigenvalue weighted by Crippen LogP contribution is 2.43. The molecule has 24 heavy (non-hydrogen) atoms. The molecule has 1 N–H and O–H groups in total. The van der Waals surface area contributed by atoms with Gasteiger partial charge in [-0.25, -0.2) is 4.98 Å². The second kappa shape index (κ2) is 6.54. The molecule has 1 aromatic carbocycles. The molecule has 2 atom stereocenters. The summed E-state index contributed by atoms with van der Waals surface area (Å²) >= 11 is 0. The van der Waals surface area contributed by atoms with Gasteiger partial charge in [0, 0.05) is 11.8 Å². The van der Waals surface area contributed by atoms with Crippen LogP contribution < -0.4 is 4.74 Å². The van der Waals surface area contributed by atoms with Crippen LogP contribution >= 0.6 is 0 Å². The zero-order chi connectivity index (χ0) is 17.3. The van der Waals surface area contributed by atoms with Gasteiger partial charge >= 0.3 is 0 Å². The normalized spacial score (nSPS) is 20.3. The third-order valence-corrected chi connectivity index (χ3v) is 4.94. The number of benzene rings is 1. The van der Waals surface area contributed by atoms with E-state index in [9.17, 15) is 13.9 Å². The molecule has 0 aliphatic heterocycles. The van der Waals surface area contributed by atoms with Crippen LogP contribution in [0.25, 0.3) is 10.9 Å². The number of hydrogen-bond donors (Lipinski definition) is 1. The van der Waals surface area contributed by atoms with Gasteiger partial charge < -0.3 is 9.84 Å². The molecule has 1 aliphatic rings. The van der Waals surface area contributed by atoms with Gasteiger partial charge in [-0.05, 0) is 48.9 Å². The van der Waals surface area contributed by atoms with Crippen molar-refractivity contribution in [2.24, 2.45) is 11.8 Å². The molecular formula is C19H23F2NO2. The van der Waals surface area contributed by atoms with Crippen molar-refractivity contribution in [3.8, 4) is 11.5 Å². The molecule has 3 nitrogen and oxygen atoms in total. The van der Waals surface area contributed by atoms with E-state index in [0.29, 0.717) is 23.1 Å². The van der Waals surface area contributed by atoms with Crippen LogP contribution in [0.1, 0.15) is 44.7 Å². The summed E-state index contributed by atoms with van der Waals surface area (Å²) in [7, 11) is 1.53. The van der Waals surface area contributed by atoms with Gasteiger partial charge in [0.2, 0.25) is 0 Å². The second-order valence-electron chi connectivity index (χ2n) is 6.84. The Kier molecular flexibility index (Phi) is 4.61. The summed E-state index contributed by atoms with van der Waals surface area (Å²) in [5.74, 6) is -1.50. The summed E-state index contributed by atoms with van der Waals surface area (Å²) in [4.78, 5) is 4.00. The van der Waals surface area contributed by atoms with Crippen molar-refractivity contribution < 1.29 is 18.6 Å². The molecule has 1 aliphatic carbocycles. The van der Waals surface area contributed by atoms with E-state index in [4.69, 9.17) is 4.74 Å². The number of rotatable bonds is 7. The van der Waals surface area contributed by atoms with E-state index in [1.807, 2.05) is 0 Å². The molecule has 0 bridgehead atoms. The molecule has 130 valence electrons. The fraction of sp³-hybridized carbons (Fsp3) is 0.526. The van der Waals surface area contributed by atoms with Crippen molar-refractivity contribution in [2.45, 2.75) is 45.0 Å². The minimum atomic E-state index is -3.12. The van der Waals surface area contributed by atoms with Gasteiger partial charge in [-0.3, -0.25) is 0 Å². The molecule has 1 saturated carbocycles. The number of ether oxygens (including phenoxy) is 1. The zero-order valence-electron chi connectivity index (χ0n) is 14.1. The number of fused-ring (bicyclic) bond motifs is 1. The topological polar surface area (TPSA) is 42.4 Å². The lowest BCUT2D eigenvalue weighted by atomic mass is 10.0. The highest BCUT2D eigenvalue weighted by molar-refractivity contribution is 5.82. The summed E-state index contributed by atoms with van der Waals surface area (Å²) in [6, 6.07) is 6.30. The van der Waals surface area contributed by atoms with Crippen molar-refractivity contribution in [1.29, 1.82) is 0 Å². The lowest BCUT2D eigenvalue weighted by molar-refractivity contribution is -0.0220. The first-order valence-corrected chi connectivity index (χ1v) is 8.47. The van der Waals surface area contributed by atoms with Crippen LogP contribution in [0.3, 0.4) is 0 Å². The molecule has 1 heterocycles. The first kappa shape index (κ1) is 16.9. The fourth-order valence-corrected chi connectivity index (χ4v) is 3.21. The number of aromatic nitrogens is 1. The van der Waals surface area contributed by atoms with Crippen LogP contribution in [0, 0.1) is 11.8 Å². The first-order valence-electron chi connectivity index (χ1n) is 8.47. The maximum atomic E-state index is 14.5. The van der Waals surface area contributed by atoms with Crippen LogP contribution in [-0.2, 0) is 5.92 Å². The number of nitrogens with zero attached hydrogens (tertiary/aromatic N) is 1. The third kappa shape index (κ3) is 3.60. The molecule has 2 aromatic rings. The molecule has 1 fully saturated rings. The van der Waals surface area contributed by atoms with Gasteiger partial charge in [0.05, 0.1) is 12.6 Å². The van der Waals surface area contributed by atoms with E-state index < -0.39 is 17.4 Å². The van der Waals surface area contributed by atoms with E-state index in [1.54, 1.807) is 18.2 Å².